The first-order valence-corrected chi connectivity index (χ1v) is 9.47. The van der Waals surface area contributed by atoms with Gasteiger partial charge in [-0.15, -0.1) is 0 Å². The van der Waals surface area contributed by atoms with E-state index in [-0.39, 0.29) is 24.3 Å². The van der Waals surface area contributed by atoms with Crippen molar-refractivity contribution in [2.45, 2.75) is 22.5 Å². The minimum Gasteiger partial charge on any atom is -0.222 e. The highest BCUT2D eigenvalue weighted by atomic mass is 32.2. The van der Waals surface area contributed by atoms with Gasteiger partial charge in [0.2, 0.25) is 0 Å². The van der Waals surface area contributed by atoms with Gasteiger partial charge in [0.25, 0.3) is 0 Å². The van der Waals surface area contributed by atoms with Gasteiger partial charge in [0.15, 0.2) is 14.6 Å². The van der Waals surface area contributed by atoms with Crippen molar-refractivity contribution in [2.75, 3.05) is 6.54 Å². The van der Waals surface area contributed by atoms with Crippen molar-refractivity contribution in [3.63, 3.8) is 0 Å². The topological polar surface area (TPSA) is 107 Å². The van der Waals surface area contributed by atoms with Crippen LogP contribution in [0.25, 0.3) is 16.5 Å². The van der Waals surface area contributed by atoms with Crippen LogP contribution >= 0.6 is 0 Å². The van der Waals surface area contributed by atoms with E-state index in [2.05, 4.69) is 10.0 Å². The average molecular weight is 366 g/mol. The quantitative estimate of drug-likeness (QED) is 0.389. The highest BCUT2D eigenvalue weighted by molar-refractivity contribution is 7.93. The third-order valence-electron chi connectivity index (χ3n) is 4.01. The van der Waals surface area contributed by atoms with Crippen LogP contribution in [0.1, 0.15) is 18.4 Å². The van der Waals surface area contributed by atoms with Crippen molar-refractivity contribution >= 4 is 15.9 Å². The highest BCUT2D eigenvalue weighted by Crippen LogP contribution is 2.32. The third kappa shape index (κ3) is 4.31. The van der Waals surface area contributed by atoms with Crippen LogP contribution in [-0.2, 0) is 9.84 Å². The molecule has 1 unspecified atom stereocenters. The molecular weight excluding hydrogens is 348 g/mol. The van der Waals surface area contributed by atoms with Crippen LogP contribution in [0.15, 0.2) is 76.7 Å². The third-order valence-corrected chi connectivity index (χ3v) is 6.39. The molecule has 1 atom stereocenters. The average Bonchev–Trinajstić information content (AvgIpc) is 2.68. The summed E-state index contributed by atoms with van der Waals surface area (Å²) in [5, 5.41) is 13.2. The fraction of sp³-hybridized carbons (Fsp3) is 0.211. The molecule has 0 fully saturated rings. The molecule has 0 radical (unpaired) electrons. The maximum absolute atomic E-state index is 13.1. The van der Waals surface area contributed by atoms with E-state index in [9.17, 15) is 13.7 Å². The fourth-order valence-corrected chi connectivity index (χ4v) is 4.32. The van der Waals surface area contributed by atoms with Gasteiger partial charge in [-0.1, -0.05) is 65.8 Å². The molecule has 26 heavy (non-hydrogen) atoms. The van der Waals surface area contributed by atoms with Crippen LogP contribution in [0.4, 0.5) is 0 Å². The molecule has 2 aromatic rings. The minimum absolute atomic E-state index is 0.00340. The van der Waals surface area contributed by atoms with Gasteiger partial charge in [-0.05, 0) is 36.1 Å². The number of azide groups is 1. The molecule has 6 nitrogen and oxygen atoms in total. The molecule has 0 saturated heterocycles. The van der Waals surface area contributed by atoms with Gasteiger partial charge in [0, 0.05) is 11.5 Å². The largest absolute Gasteiger partial charge is 0.222 e. The molecule has 0 spiro atoms. The van der Waals surface area contributed by atoms with E-state index in [1.54, 1.807) is 30.4 Å². The van der Waals surface area contributed by atoms with Gasteiger partial charge in [-0.2, -0.15) is 5.26 Å². The Hall–Kier alpha value is -3.07. The maximum Gasteiger partial charge on any atom is 0.197 e. The van der Waals surface area contributed by atoms with E-state index in [1.807, 2.05) is 36.4 Å². The molecule has 132 valence electrons. The Morgan fingerprint density at radius 2 is 1.73 bits per heavy atom. The second-order valence-electron chi connectivity index (χ2n) is 5.64. The van der Waals surface area contributed by atoms with Crippen molar-refractivity contribution in [1.82, 2.24) is 0 Å². The lowest BCUT2D eigenvalue weighted by Crippen LogP contribution is -2.37. The Bertz CT molecular complexity index is 944. The lowest BCUT2D eigenvalue weighted by Gasteiger charge is -2.25. The zero-order valence-electron chi connectivity index (χ0n) is 14.1. The minimum atomic E-state index is -3.94. The van der Waals surface area contributed by atoms with Gasteiger partial charge in [0.1, 0.15) is 0 Å². The molecule has 0 aliphatic rings. The number of nitrogens with zero attached hydrogens (tertiary/aromatic N) is 4. The lowest BCUT2D eigenvalue weighted by atomic mass is 10.0. The molecule has 0 bridgehead atoms. The Balaban J connectivity index is 2.40. The number of hydrogen-bond acceptors (Lipinski definition) is 4. The van der Waals surface area contributed by atoms with Crippen molar-refractivity contribution in [1.29, 1.82) is 5.26 Å². The Labute approximate surface area is 153 Å². The summed E-state index contributed by atoms with van der Waals surface area (Å²) in [6.45, 7) is -0.0741. The van der Waals surface area contributed by atoms with E-state index in [0.717, 1.165) is 5.56 Å². The standard InChI is InChI=1S/C19H18N4O2S/c20-16-19(14-15-22-23-21,13-7-10-17-8-3-1-4-9-17)26(24,25)18-11-5-2-6-12-18/h1-12H,13-15H2/b10-7+. The summed E-state index contributed by atoms with van der Waals surface area (Å²) >= 11 is 0. The normalized spacial score (nSPS) is 13.5. The van der Waals surface area contributed by atoms with Crippen molar-refractivity contribution in [3.8, 4) is 6.07 Å². The number of allylic oxidation sites excluding steroid dienone is 1. The van der Waals surface area contributed by atoms with Gasteiger partial charge >= 0.3 is 0 Å². The molecular formula is C19H18N4O2S. The molecule has 0 amide bonds. The summed E-state index contributed by atoms with van der Waals surface area (Å²) in [5.74, 6) is 0. The summed E-state index contributed by atoms with van der Waals surface area (Å²) in [6, 6.07) is 19.3. The number of nitriles is 1. The Kier molecular flexibility index (Phi) is 6.56. The molecule has 7 heteroatoms. The number of sulfone groups is 1. The van der Waals surface area contributed by atoms with E-state index >= 15 is 0 Å². The molecule has 0 N–H and O–H groups in total. The van der Waals surface area contributed by atoms with Crippen molar-refractivity contribution < 1.29 is 8.42 Å². The molecule has 2 aromatic carbocycles. The van der Waals surface area contributed by atoms with Crippen molar-refractivity contribution in [2.24, 2.45) is 5.11 Å². The first-order chi connectivity index (χ1) is 12.6. The van der Waals surface area contributed by atoms with E-state index in [4.69, 9.17) is 5.53 Å². The lowest BCUT2D eigenvalue weighted by molar-refractivity contribution is 0.541. The van der Waals surface area contributed by atoms with Gasteiger partial charge < -0.3 is 0 Å². The van der Waals surface area contributed by atoms with Crippen LogP contribution in [0.5, 0.6) is 0 Å². The molecule has 0 heterocycles. The summed E-state index contributed by atoms with van der Waals surface area (Å²) < 4.78 is 24.6. The molecule has 2 rings (SSSR count). The summed E-state index contributed by atoms with van der Waals surface area (Å²) in [5.41, 5.74) is 9.40. The van der Waals surface area contributed by atoms with E-state index in [0.29, 0.717) is 0 Å². The molecule has 0 aliphatic heterocycles. The first-order valence-electron chi connectivity index (χ1n) is 7.99. The SMILES string of the molecule is N#CC(C/C=C/c1ccccc1)(CCN=[N+]=[N-])S(=O)(=O)c1ccccc1. The summed E-state index contributed by atoms with van der Waals surface area (Å²) in [7, 11) is -3.94. The first kappa shape index (κ1) is 19.3. The summed E-state index contributed by atoms with van der Waals surface area (Å²) in [6.07, 6.45) is 3.37. The Morgan fingerprint density at radius 1 is 1.12 bits per heavy atom. The summed E-state index contributed by atoms with van der Waals surface area (Å²) in [4.78, 5) is 2.74. The van der Waals surface area contributed by atoms with Gasteiger partial charge in [-0.3, -0.25) is 0 Å². The van der Waals surface area contributed by atoms with E-state index < -0.39 is 14.6 Å². The fourth-order valence-electron chi connectivity index (χ4n) is 2.56. The highest BCUT2D eigenvalue weighted by Gasteiger charge is 2.43. The van der Waals surface area contributed by atoms with Crippen LogP contribution in [-0.4, -0.2) is 19.7 Å². The van der Waals surface area contributed by atoms with E-state index in [1.165, 1.54) is 12.1 Å². The predicted octanol–water partition coefficient (Wildman–Crippen LogP) is 4.53. The van der Waals surface area contributed by atoms with Crippen LogP contribution in [0.2, 0.25) is 0 Å². The smallest absolute Gasteiger partial charge is 0.197 e. The monoisotopic (exact) mass is 366 g/mol. The molecule has 0 saturated carbocycles. The number of rotatable bonds is 8. The van der Waals surface area contributed by atoms with Crippen LogP contribution in [0.3, 0.4) is 0 Å². The molecule has 0 aliphatic carbocycles. The molecule has 0 aromatic heterocycles. The maximum atomic E-state index is 13.1. The second kappa shape index (κ2) is 8.86. The van der Waals surface area contributed by atoms with Gasteiger partial charge in [0.05, 0.1) is 11.0 Å². The van der Waals surface area contributed by atoms with Crippen molar-refractivity contribution in [3.05, 3.63) is 82.7 Å². The number of benzene rings is 2. The van der Waals surface area contributed by atoms with Crippen LogP contribution < -0.4 is 0 Å². The Morgan fingerprint density at radius 3 is 2.31 bits per heavy atom. The second-order valence-corrected chi connectivity index (χ2v) is 7.90. The zero-order valence-corrected chi connectivity index (χ0v) is 14.9. The zero-order chi connectivity index (χ0) is 18.9. The van der Waals surface area contributed by atoms with Crippen LogP contribution in [0, 0.1) is 11.3 Å². The number of hydrogen-bond donors (Lipinski definition) is 0. The predicted molar refractivity (Wildman–Crippen MR) is 101 cm³/mol. The van der Waals surface area contributed by atoms with Gasteiger partial charge in [-0.25, -0.2) is 8.42 Å².